The van der Waals surface area contributed by atoms with Crippen LogP contribution in [0.3, 0.4) is 0 Å². The highest BCUT2D eigenvalue weighted by Gasteiger charge is 2.30. The van der Waals surface area contributed by atoms with Crippen molar-refractivity contribution < 1.29 is 13.2 Å². The number of hydrogen-bond donors (Lipinski definition) is 1. The summed E-state index contributed by atoms with van der Waals surface area (Å²) in [5, 5.41) is 0. The molecule has 2 N–H and O–H groups in total. The Morgan fingerprint density at radius 3 is 2.67 bits per heavy atom. The molecule has 0 amide bonds. The molecule has 0 aromatic carbocycles. The fourth-order valence-corrected chi connectivity index (χ4v) is 3.89. The maximum atomic E-state index is 12.7. The number of nitrogens with two attached hydrogens (primary N) is 1. The van der Waals surface area contributed by atoms with Crippen LogP contribution < -0.4 is 5.73 Å². The van der Waals surface area contributed by atoms with E-state index in [1.165, 1.54) is 4.31 Å². The Morgan fingerprint density at radius 1 is 1.43 bits per heavy atom. The maximum absolute atomic E-state index is 12.7. The quantitative estimate of drug-likeness (QED) is 0.697. The van der Waals surface area contributed by atoms with Crippen LogP contribution in [0.4, 0.5) is 0 Å². The molecule has 1 aliphatic carbocycles. The Morgan fingerprint density at radius 2 is 2.14 bits per heavy atom. The number of rotatable bonds is 9. The van der Waals surface area contributed by atoms with E-state index in [1.54, 1.807) is 12.3 Å². The molecule has 0 bridgehead atoms. The van der Waals surface area contributed by atoms with Crippen LogP contribution in [0.15, 0.2) is 17.2 Å². The highest BCUT2D eigenvalue weighted by atomic mass is 32.2. The normalized spacial score (nSPS) is 15.8. The molecule has 1 heterocycles. The van der Waals surface area contributed by atoms with Gasteiger partial charge in [0.1, 0.15) is 4.90 Å². The molecular formula is C14H25N3O3S. The molecule has 2 rings (SSSR count). The standard InChI is InChI=1S/C14H25N3O3S/c1-3-16(7-8-20-4-2)21(18,19)14-9-13(10-15)17(11-14)12-5-6-12/h9,11-12H,3-8,10,15H2,1-2H3. The summed E-state index contributed by atoms with van der Waals surface area (Å²) in [5.74, 6) is 0. The van der Waals surface area contributed by atoms with Crippen molar-refractivity contribution in [1.82, 2.24) is 8.87 Å². The van der Waals surface area contributed by atoms with E-state index in [0.717, 1.165) is 18.5 Å². The summed E-state index contributed by atoms with van der Waals surface area (Å²) in [7, 11) is -3.47. The molecule has 1 aliphatic rings. The summed E-state index contributed by atoms with van der Waals surface area (Å²) < 4.78 is 34.1. The van der Waals surface area contributed by atoms with E-state index in [0.29, 0.717) is 43.8 Å². The van der Waals surface area contributed by atoms with Crippen molar-refractivity contribution in [3.8, 4) is 0 Å². The first-order valence-corrected chi connectivity index (χ1v) is 8.97. The summed E-state index contributed by atoms with van der Waals surface area (Å²) in [6.45, 7) is 5.90. The van der Waals surface area contributed by atoms with Crippen LogP contribution in [0, 0.1) is 0 Å². The second-order valence-electron chi connectivity index (χ2n) is 5.20. The second-order valence-corrected chi connectivity index (χ2v) is 7.14. The average Bonchev–Trinajstić information content (AvgIpc) is 3.21. The van der Waals surface area contributed by atoms with Crippen molar-refractivity contribution in [2.75, 3.05) is 26.3 Å². The number of likely N-dealkylation sites (N-methyl/N-ethyl adjacent to an activating group) is 1. The lowest BCUT2D eigenvalue weighted by atomic mass is 10.4. The van der Waals surface area contributed by atoms with Gasteiger partial charge in [0.2, 0.25) is 10.0 Å². The minimum atomic E-state index is -3.47. The monoisotopic (exact) mass is 315 g/mol. The van der Waals surface area contributed by atoms with Gasteiger partial charge >= 0.3 is 0 Å². The minimum absolute atomic E-state index is 0.341. The van der Waals surface area contributed by atoms with Gasteiger partial charge in [-0.25, -0.2) is 8.42 Å². The Balaban J connectivity index is 2.20. The zero-order chi connectivity index (χ0) is 15.5. The number of ether oxygens (including phenoxy) is 1. The third-order valence-electron chi connectivity index (χ3n) is 3.74. The number of nitrogens with zero attached hydrogens (tertiary/aromatic N) is 2. The van der Waals surface area contributed by atoms with Gasteiger partial charge in [-0.05, 0) is 25.8 Å². The van der Waals surface area contributed by atoms with Gasteiger partial charge in [-0.1, -0.05) is 6.92 Å². The molecule has 7 heteroatoms. The zero-order valence-electron chi connectivity index (χ0n) is 12.8. The second kappa shape index (κ2) is 6.91. The smallest absolute Gasteiger partial charge is 0.244 e. The van der Waals surface area contributed by atoms with Crippen LogP contribution >= 0.6 is 0 Å². The molecule has 1 aromatic heterocycles. The lowest BCUT2D eigenvalue weighted by Gasteiger charge is -2.19. The largest absolute Gasteiger partial charge is 0.380 e. The van der Waals surface area contributed by atoms with Crippen LogP contribution in [0.2, 0.25) is 0 Å². The zero-order valence-corrected chi connectivity index (χ0v) is 13.6. The van der Waals surface area contributed by atoms with Gasteiger partial charge in [0.05, 0.1) is 6.61 Å². The van der Waals surface area contributed by atoms with Crippen LogP contribution in [0.5, 0.6) is 0 Å². The number of aromatic nitrogens is 1. The SMILES string of the molecule is CCOCCN(CC)S(=O)(=O)c1cc(CN)n(C2CC2)c1. The Bertz CT molecular complexity index is 564. The molecule has 1 saturated carbocycles. The predicted molar refractivity (Wildman–Crippen MR) is 81.5 cm³/mol. The molecule has 1 fully saturated rings. The third kappa shape index (κ3) is 3.66. The molecule has 0 atom stereocenters. The fraction of sp³-hybridized carbons (Fsp3) is 0.714. The van der Waals surface area contributed by atoms with Crippen LogP contribution in [0.1, 0.15) is 38.4 Å². The van der Waals surface area contributed by atoms with Crippen LogP contribution in [0.25, 0.3) is 0 Å². The first-order chi connectivity index (χ1) is 10.0. The van der Waals surface area contributed by atoms with E-state index < -0.39 is 10.0 Å². The molecule has 0 aliphatic heterocycles. The molecule has 0 saturated heterocycles. The molecular weight excluding hydrogens is 290 g/mol. The van der Waals surface area contributed by atoms with E-state index in [2.05, 4.69) is 0 Å². The van der Waals surface area contributed by atoms with Crippen LogP contribution in [-0.4, -0.2) is 43.6 Å². The molecule has 1 aromatic rings. The Kier molecular flexibility index (Phi) is 5.43. The van der Waals surface area contributed by atoms with Crippen molar-refractivity contribution in [2.45, 2.75) is 44.2 Å². The van der Waals surface area contributed by atoms with E-state index >= 15 is 0 Å². The summed E-state index contributed by atoms with van der Waals surface area (Å²) >= 11 is 0. The lowest BCUT2D eigenvalue weighted by molar-refractivity contribution is 0.135. The first-order valence-electron chi connectivity index (χ1n) is 7.53. The van der Waals surface area contributed by atoms with E-state index in [9.17, 15) is 8.42 Å². The van der Waals surface area contributed by atoms with Crippen LogP contribution in [-0.2, 0) is 21.3 Å². The summed E-state index contributed by atoms with van der Waals surface area (Å²) in [5.41, 5.74) is 6.62. The molecule has 6 nitrogen and oxygen atoms in total. The molecule has 21 heavy (non-hydrogen) atoms. The van der Waals surface area contributed by atoms with Gasteiger partial charge in [0, 0.05) is 44.2 Å². The van der Waals surface area contributed by atoms with Gasteiger partial charge in [0.25, 0.3) is 0 Å². The van der Waals surface area contributed by atoms with E-state index in [1.807, 2.05) is 18.4 Å². The highest BCUT2D eigenvalue weighted by molar-refractivity contribution is 7.89. The van der Waals surface area contributed by atoms with Gasteiger partial charge in [-0.15, -0.1) is 0 Å². The van der Waals surface area contributed by atoms with Gasteiger partial charge in [-0.3, -0.25) is 0 Å². The average molecular weight is 315 g/mol. The summed E-state index contributed by atoms with van der Waals surface area (Å²) in [6.07, 6.45) is 3.94. The minimum Gasteiger partial charge on any atom is -0.380 e. The van der Waals surface area contributed by atoms with Gasteiger partial charge in [-0.2, -0.15) is 4.31 Å². The third-order valence-corrected chi connectivity index (χ3v) is 5.68. The Hall–Kier alpha value is -0.890. The molecule has 0 spiro atoms. The van der Waals surface area contributed by atoms with Gasteiger partial charge < -0.3 is 15.0 Å². The number of hydrogen-bond acceptors (Lipinski definition) is 4. The first kappa shape index (κ1) is 16.5. The molecule has 0 radical (unpaired) electrons. The number of sulfonamides is 1. The van der Waals surface area contributed by atoms with Crippen molar-refractivity contribution in [3.05, 3.63) is 18.0 Å². The molecule has 120 valence electrons. The van der Waals surface area contributed by atoms with Crippen molar-refractivity contribution in [1.29, 1.82) is 0 Å². The summed E-state index contributed by atoms with van der Waals surface area (Å²) in [4.78, 5) is 0.341. The van der Waals surface area contributed by atoms with Crippen molar-refractivity contribution in [3.63, 3.8) is 0 Å². The highest BCUT2D eigenvalue weighted by Crippen LogP contribution is 2.37. The van der Waals surface area contributed by atoms with Crippen molar-refractivity contribution >= 4 is 10.0 Å². The van der Waals surface area contributed by atoms with Crippen molar-refractivity contribution in [2.24, 2.45) is 5.73 Å². The summed E-state index contributed by atoms with van der Waals surface area (Å²) in [6, 6.07) is 2.13. The van der Waals surface area contributed by atoms with Gasteiger partial charge in [0.15, 0.2) is 0 Å². The molecule has 0 unspecified atom stereocenters. The maximum Gasteiger partial charge on any atom is 0.244 e. The topological polar surface area (TPSA) is 77.6 Å². The lowest BCUT2D eigenvalue weighted by Crippen LogP contribution is -2.33. The van der Waals surface area contributed by atoms with E-state index in [-0.39, 0.29) is 0 Å². The Labute approximate surface area is 126 Å². The van der Waals surface area contributed by atoms with E-state index in [4.69, 9.17) is 10.5 Å². The fourth-order valence-electron chi connectivity index (χ4n) is 2.40. The predicted octanol–water partition coefficient (Wildman–Crippen LogP) is 1.33.